The summed E-state index contributed by atoms with van der Waals surface area (Å²) in [5, 5.41) is 5.45. The molecule has 98 valence electrons. The lowest BCUT2D eigenvalue weighted by Gasteiger charge is -2.32. The molecule has 2 atom stereocenters. The minimum atomic E-state index is 0.706. The van der Waals surface area contributed by atoms with Crippen molar-refractivity contribution in [1.82, 2.24) is 10.2 Å². The van der Waals surface area contributed by atoms with E-state index in [-0.39, 0.29) is 0 Å². The van der Waals surface area contributed by atoms with Gasteiger partial charge in [-0.2, -0.15) is 0 Å². The van der Waals surface area contributed by atoms with Gasteiger partial charge in [0.25, 0.3) is 0 Å². The summed E-state index contributed by atoms with van der Waals surface area (Å²) >= 11 is 1.95. The Balaban J connectivity index is 1.68. The summed E-state index contributed by atoms with van der Waals surface area (Å²) in [5.41, 5.74) is 0. The Labute approximate surface area is 109 Å². The van der Waals surface area contributed by atoms with Gasteiger partial charge in [0.05, 0.1) is 6.54 Å². The average molecular weight is 255 g/mol. The van der Waals surface area contributed by atoms with Crippen LogP contribution in [0.15, 0.2) is 4.99 Å². The Kier molecular flexibility index (Phi) is 5.16. The molecule has 0 spiro atoms. The van der Waals surface area contributed by atoms with Gasteiger partial charge in [-0.1, -0.05) is 31.5 Å². The van der Waals surface area contributed by atoms with Gasteiger partial charge in [-0.05, 0) is 32.9 Å². The Bertz CT molecular complexity index is 267. The first-order valence-electron chi connectivity index (χ1n) is 6.94. The van der Waals surface area contributed by atoms with E-state index in [4.69, 9.17) is 0 Å². The molecule has 2 rings (SSSR count). The SMILES string of the molecule is CCCC1CN=C(NCC2CCCCN2C)S1. The minimum Gasteiger partial charge on any atom is -0.363 e. The number of likely N-dealkylation sites (N-methyl/N-ethyl adjacent to an activating group) is 1. The monoisotopic (exact) mass is 255 g/mol. The first-order valence-corrected chi connectivity index (χ1v) is 7.82. The summed E-state index contributed by atoms with van der Waals surface area (Å²) in [5.74, 6) is 0. The molecule has 0 saturated carbocycles. The summed E-state index contributed by atoms with van der Waals surface area (Å²) in [4.78, 5) is 7.08. The van der Waals surface area contributed by atoms with Crippen molar-refractivity contribution in [2.24, 2.45) is 4.99 Å². The number of hydrogen-bond donors (Lipinski definition) is 1. The summed E-state index contributed by atoms with van der Waals surface area (Å²) in [6.07, 6.45) is 6.64. The summed E-state index contributed by atoms with van der Waals surface area (Å²) in [6.45, 7) is 5.59. The molecule has 3 nitrogen and oxygen atoms in total. The van der Waals surface area contributed by atoms with Crippen LogP contribution in [0, 0.1) is 0 Å². The second-order valence-electron chi connectivity index (χ2n) is 5.19. The van der Waals surface area contributed by atoms with Crippen molar-refractivity contribution in [2.75, 3.05) is 26.7 Å². The van der Waals surface area contributed by atoms with Crippen LogP contribution in [0.1, 0.15) is 39.0 Å². The van der Waals surface area contributed by atoms with Gasteiger partial charge in [0, 0.05) is 17.8 Å². The predicted octanol–water partition coefficient (Wildman–Crippen LogP) is 2.33. The third kappa shape index (κ3) is 3.88. The van der Waals surface area contributed by atoms with Gasteiger partial charge < -0.3 is 10.2 Å². The molecule has 0 bridgehead atoms. The van der Waals surface area contributed by atoms with Crippen LogP contribution in [-0.2, 0) is 0 Å². The van der Waals surface area contributed by atoms with E-state index in [0.717, 1.165) is 18.3 Å². The molecule has 1 fully saturated rings. The van der Waals surface area contributed by atoms with Crippen molar-refractivity contribution in [3.05, 3.63) is 0 Å². The number of likely N-dealkylation sites (tertiary alicyclic amines) is 1. The van der Waals surface area contributed by atoms with E-state index in [1.807, 2.05) is 11.8 Å². The molecule has 0 aromatic rings. The minimum absolute atomic E-state index is 0.706. The lowest BCUT2D eigenvalue weighted by molar-refractivity contribution is 0.187. The molecule has 1 saturated heterocycles. The number of nitrogens with zero attached hydrogens (tertiary/aromatic N) is 2. The van der Waals surface area contributed by atoms with Crippen molar-refractivity contribution in [2.45, 2.75) is 50.3 Å². The lowest BCUT2D eigenvalue weighted by atomic mass is 10.0. The summed E-state index contributed by atoms with van der Waals surface area (Å²) in [7, 11) is 2.25. The normalized spacial score (nSPS) is 30.4. The van der Waals surface area contributed by atoms with E-state index >= 15 is 0 Å². The smallest absolute Gasteiger partial charge is 0.156 e. The van der Waals surface area contributed by atoms with E-state index in [0.29, 0.717) is 6.04 Å². The summed E-state index contributed by atoms with van der Waals surface area (Å²) in [6, 6.07) is 0.706. The fourth-order valence-electron chi connectivity index (χ4n) is 2.59. The molecule has 2 unspecified atom stereocenters. The second kappa shape index (κ2) is 6.64. The molecule has 0 aliphatic carbocycles. The maximum atomic E-state index is 4.60. The van der Waals surface area contributed by atoms with Gasteiger partial charge in [0.1, 0.15) is 0 Å². The number of aliphatic imine (C=N–C) groups is 1. The highest BCUT2D eigenvalue weighted by Crippen LogP contribution is 2.23. The van der Waals surface area contributed by atoms with Crippen LogP contribution in [0.4, 0.5) is 0 Å². The molecule has 4 heteroatoms. The van der Waals surface area contributed by atoms with Crippen LogP contribution in [0.5, 0.6) is 0 Å². The van der Waals surface area contributed by atoms with Gasteiger partial charge in [-0.25, -0.2) is 0 Å². The molecule has 0 amide bonds. The van der Waals surface area contributed by atoms with Crippen LogP contribution in [0.3, 0.4) is 0 Å². The van der Waals surface area contributed by atoms with Crippen molar-refractivity contribution >= 4 is 16.9 Å². The van der Waals surface area contributed by atoms with Crippen LogP contribution >= 0.6 is 11.8 Å². The second-order valence-corrected chi connectivity index (χ2v) is 6.47. The van der Waals surface area contributed by atoms with Crippen LogP contribution in [0.2, 0.25) is 0 Å². The number of hydrogen-bond acceptors (Lipinski definition) is 4. The zero-order valence-corrected chi connectivity index (χ0v) is 11.9. The zero-order chi connectivity index (χ0) is 12.1. The van der Waals surface area contributed by atoms with Crippen LogP contribution in [-0.4, -0.2) is 48.0 Å². The van der Waals surface area contributed by atoms with E-state index in [2.05, 4.69) is 29.2 Å². The van der Waals surface area contributed by atoms with Crippen molar-refractivity contribution in [3.8, 4) is 0 Å². The van der Waals surface area contributed by atoms with E-state index in [1.54, 1.807) is 0 Å². The molecule has 1 N–H and O–H groups in total. The number of nitrogens with one attached hydrogen (secondary N) is 1. The first-order chi connectivity index (χ1) is 8.29. The maximum Gasteiger partial charge on any atom is 0.156 e. The lowest BCUT2D eigenvalue weighted by Crippen LogP contribution is -2.43. The quantitative estimate of drug-likeness (QED) is 0.835. The zero-order valence-electron chi connectivity index (χ0n) is 11.1. The van der Waals surface area contributed by atoms with E-state index < -0.39 is 0 Å². The highest BCUT2D eigenvalue weighted by atomic mass is 32.2. The molecule has 0 radical (unpaired) electrons. The van der Waals surface area contributed by atoms with Crippen molar-refractivity contribution in [1.29, 1.82) is 0 Å². The molecular formula is C13H25N3S. The summed E-state index contributed by atoms with van der Waals surface area (Å²) < 4.78 is 0. The van der Waals surface area contributed by atoms with Gasteiger partial charge >= 0.3 is 0 Å². The highest BCUT2D eigenvalue weighted by Gasteiger charge is 2.22. The number of thioether (sulfide) groups is 1. The molecule has 2 aliphatic rings. The average Bonchev–Trinajstić information content (AvgIpc) is 2.76. The van der Waals surface area contributed by atoms with E-state index in [9.17, 15) is 0 Å². The van der Waals surface area contributed by atoms with Crippen LogP contribution < -0.4 is 5.32 Å². The predicted molar refractivity (Wildman–Crippen MR) is 76.9 cm³/mol. The largest absolute Gasteiger partial charge is 0.363 e. The van der Waals surface area contributed by atoms with Gasteiger partial charge in [0.2, 0.25) is 0 Å². The molecule has 17 heavy (non-hydrogen) atoms. The maximum absolute atomic E-state index is 4.60. The fourth-order valence-corrected chi connectivity index (χ4v) is 3.73. The fraction of sp³-hybridized carbons (Fsp3) is 0.923. The van der Waals surface area contributed by atoms with E-state index in [1.165, 1.54) is 43.8 Å². The Morgan fingerprint density at radius 1 is 1.47 bits per heavy atom. The van der Waals surface area contributed by atoms with Gasteiger partial charge in [0.15, 0.2) is 5.17 Å². The Hall–Kier alpha value is -0.220. The third-order valence-corrected chi connectivity index (χ3v) is 4.95. The number of amidine groups is 1. The highest BCUT2D eigenvalue weighted by molar-refractivity contribution is 8.14. The Morgan fingerprint density at radius 3 is 3.12 bits per heavy atom. The van der Waals surface area contributed by atoms with Gasteiger partial charge in [-0.15, -0.1) is 0 Å². The number of rotatable bonds is 4. The molecule has 2 aliphatic heterocycles. The molecular weight excluding hydrogens is 230 g/mol. The van der Waals surface area contributed by atoms with Crippen molar-refractivity contribution < 1.29 is 0 Å². The van der Waals surface area contributed by atoms with Crippen molar-refractivity contribution in [3.63, 3.8) is 0 Å². The molecule has 2 heterocycles. The third-order valence-electron chi connectivity index (χ3n) is 3.74. The standard InChI is InChI=1S/C13H25N3S/c1-3-6-12-10-15-13(17-12)14-9-11-7-4-5-8-16(11)2/h11-12H,3-10H2,1-2H3,(H,14,15). The topological polar surface area (TPSA) is 27.6 Å². The van der Waals surface area contributed by atoms with Crippen LogP contribution in [0.25, 0.3) is 0 Å². The van der Waals surface area contributed by atoms with Gasteiger partial charge in [-0.3, -0.25) is 4.99 Å². The molecule has 0 aromatic carbocycles. The first kappa shape index (κ1) is 13.2. The number of piperidine rings is 1. The molecule has 0 aromatic heterocycles. The Morgan fingerprint density at radius 2 is 2.35 bits per heavy atom.